The zero-order valence-corrected chi connectivity index (χ0v) is 14.8. The molecule has 0 aliphatic carbocycles. The number of hydrogen-bond acceptors (Lipinski definition) is 5. The minimum atomic E-state index is -0.280. The number of rotatable bonds is 6. The van der Waals surface area contributed by atoms with Gasteiger partial charge in [0.2, 0.25) is 0 Å². The van der Waals surface area contributed by atoms with Gasteiger partial charge in [0.15, 0.2) is 0 Å². The van der Waals surface area contributed by atoms with Crippen molar-refractivity contribution in [3.63, 3.8) is 0 Å². The van der Waals surface area contributed by atoms with Crippen molar-refractivity contribution in [2.75, 3.05) is 12.4 Å². The van der Waals surface area contributed by atoms with E-state index in [0.29, 0.717) is 17.4 Å². The van der Waals surface area contributed by atoms with Crippen molar-refractivity contribution in [3.8, 4) is 5.75 Å². The molecule has 0 saturated carbocycles. The highest BCUT2D eigenvalue weighted by atomic mass is 35.5. The van der Waals surface area contributed by atoms with Gasteiger partial charge < -0.3 is 15.4 Å². The molecule has 7 heteroatoms. The molecule has 0 bridgehead atoms. The number of carbonyl (C=O) groups excluding carboxylic acids is 1. The average molecular weight is 369 g/mol. The van der Waals surface area contributed by atoms with Gasteiger partial charge in [-0.25, -0.2) is 9.97 Å². The summed E-state index contributed by atoms with van der Waals surface area (Å²) in [5.41, 5.74) is 2.02. The molecule has 2 N–H and O–H groups in total. The smallest absolute Gasteiger partial charge is 0.270 e. The van der Waals surface area contributed by atoms with E-state index in [4.69, 9.17) is 16.3 Å². The Balaban J connectivity index is 1.63. The van der Waals surface area contributed by atoms with Crippen molar-refractivity contribution in [2.45, 2.75) is 6.54 Å². The third-order valence-corrected chi connectivity index (χ3v) is 3.84. The molecule has 1 amide bonds. The van der Waals surface area contributed by atoms with Gasteiger partial charge in [0, 0.05) is 23.3 Å². The van der Waals surface area contributed by atoms with Gasteiger partial charge in [-0.3, -0.25) is 4.79 Å². The number of nitrogens with zero attached hydrogens (tertiary/aromatic N) is 2. The molecule has 0 saturated heterocycles. The molecular weight excluding hydrogens is 352 g/mol. The first-order valence-electron chi connectivity index (χ1n) is 7.90. The van der Waals surface area contributed by atoms with Crippen LogP contribution in [-0.4, -0.2) is 23.0 Å². The second-order valence-corrected chi connectivity index (χ2v) is 5.89. The van der Waals surface area contributed by atoms with Crippen LogP contribution >= 0.6 is 11.6 Å². The number of methoxy groups -OCH3 is 1. The molecule has 3 aromatic rings. The third kappa shape index (κ3) is 4.70. The van der Waals surface area contributed by atoms with Crippen LogP contribution in [0.25, 0.3) is 0 Å². The molecule has 3 rings (SSSR count). The van der Waals surface area contributed by atoms with E-state index >= 15 is 0 Å². The Hall–Kier alpha value is -3.12. The Morgan fingerprint density at radius 3 is 2.65 bits per heavy atom. The zero-order valence-electron chi connectivity index (χ0n) is 14.1. The predicted molar refractivity (Wildman–Crippen MR) is 101 cm³/mol. The number of ether oxygens (including phenoxy) is 1. The molecule has 6 nitrogen and oxygen atoms in total. The van der Waals surface area contributed by atoms with E-state index in [1.54, 1.807) is 25.3 Å². The van der Waals surface area contributed by atoms with E-state index in [1.807, 2.05) is 36.4 Å². The van der Waals surface area contributed by atoms with Gasteiger partial charge in [-0.2, -0.15) is 0 Å². The number of carbonyl (C=O) groups is 1. The summed E-state index contributed by atoms with van der Waals surface area (Å²) < 4.78 is 5.11. The van der Waals surface area contributed by atoms with Crippen LogP contribution in [0.2, 0.25) is 5.02 Å². The third-order valence-electron chi connectivity index (χ3n) is 3.61. The van der Waals surface area contributed by atoms with Gasteiger partial charge in [-0.1, -0.05) is 29.8 Å². The normalized spacial score (nSPS) is 10.2. The van der Waals surface area contributed by atoms with Crippen LogP contribution in [-0.2, 0) is 6.54 Å². The van der Waals surface area contributed by atoms with Gasteiger partial charge in [0.05, 0.1) is 7.11 Å². The van der Waals surface area contributed by atoms with E-state index in [-0.39, 0.29) is 11.6 Å². The van der Waals surface area contributed by atoms with Crippen LogP contribution < -0.4 is 15.4 Å². The van der Waals surface area contributed by atoms with Crippen molar-refractivity contribution in [1.82, 2.24) is 15.3 Å². The van der Waals surface area contributed by atoms with Crippen molar-refractivity contribution in [3.05, 3.63) is 77.2 Å². The molecule has 26 heavy (non-hydrogen) atoms. The summed E-state index contributed by atoms with van der Waals surface area (Å²) in [6.07, 6.45) is 1.34. The first-order chi connectivity index (χ1) is 12.6. The van der Waals surface area contributed by atoms with Crippen LogP contribution in [0.3, 0.4) is 0 Å². The minimum absolute atomic E-state index is 0.276. The van der Waals surface area contributed by atoms with E-state index in [9.17, 15) is 4.79 Å². The lowest BCUT2D eigenvalue weighted by molar-refractivity contribution is 0.0946. The Morgan fingerprint density at radius 1 is 1.12 bits per heavy atom. The maximum Gasteiger partial charge on any atom is 0.270 e. The SMILES string of the molecule is COc1ccc(CNC(=O)c2cc(Nc3cccc(Cl)c3)ncn2)cc1. The van der Waals surface area contributed by atoms with Gasteiger partial charge >= 0.3 is 0 Å². The maximum atomic E-state index is 12.3. The number of anilines is 2. The summed E-state index contributed by atoms with van der Waals surface area (Å²) in [4.78, 5) is 20.5. The largest absolute Gasteiger partial charge is 0.497 e. The number of aromatic nitrogens is 2. The minimum Gasteiger partial charge on any atom is -0.497 e. The van der Waals surface area contributed by atoms with Gasteiger partial charge in [0.25, 0.3) is 5.91 Å². The fourth-order valence-electron chi connectivity index (χ4n) is 2.28. The number of hydrogen-bond donors (Lipinski definition) is 2. The van der Waals surface area contributed by atoms with Crippen LogP contribution in [0.4, 0.5) is 11.5 Å². The first-order valence-corrected chi connectivity index (χ1v) is 8.27. The first kappa shape index (κ1) is 17.7. The summed E-state index contributed by atoms with van der Waals surface area (Å²) in [6, 6.07) is 16.3. The Bertz CT molecular complexity index is 900. The molecule has 0 aliphatic heterocycles. The van der Waals surface area contributed by atoms with Crippen LogP contribution in [0.1, 0.15) is 16.1 Å². The van der Waals surface area contributed by atoms with Crippen molar-refractivity contribution in [2.24, 2.45) is 0 Å². The molecule has 0 unspecified atom stereocenters. The van der Waals surface area contributed by atoms with Crippen LogP contribution in [0, 0.1) is 0 Å². The lowest BCUT2D eigenvalue weighted by Gasteiger charge is -2.08. The highest BCUT2D eigenvalue weighted by Crippen LogP contribution is 2.19. The van der Waals surface area contributed by atoms with E-state index < -0.39 is 0 Å². The molecule has 132 valence electrons. The Kier molecular flexibility index (Phi) is 5.66. The molecule has 1 aromatic heterocycles. The second kappa shape index (κ2) is 8.31. The monoisotopic (exact) mass is 368 g/mol. The molecule has 0 aliphatic rings. The molecular formula is C19H17ClN4O2. The van der Waals surface area contributed by atoms with Crippen molar-refractivity contribution < 1.29 is 9.53 Å². The average Bonchev–Trinajstić information content (AvgIpc) is 2.67. The lowest BCUT2D eigenvalue weighted by Crippen LogP contribution is -2.24. The lowest BCUT2D eigenvalue weighted by atomic mass is 10.2. The summed E-state index contributed by atoms with van der Waals surface area (Å²) in [6.45, 7) is 0.393. The summed E-state index contributed by atoms with van der Waals surface area (Å²) in [5.74, 6) is 1.00. The molecule has 0 fully saturated rings. The molecule has 2 aromatic carbocycles. The standard InChI is InChI=1S/C19H17ClN4O2/c1-26-16-7-5-13(6-8-16)11-21-19(25)17-10-18(23-12-22-17)24-15-4-2-3-14(20)9-15/h2-10,12H,11H2,1H3,(H,21,25)(H,22,23,24). The highest BCUT2D eigenvalue weighted by Gasteiger charge is 2.09. The van der Waals surface area contributed by atoms with E-state index in [2.05, 4.69) is 20.6 Å². The maximum absolute atomic E-state index is 12.3. The highest BCUT2D eigenvalue weighted by molar-refractivity contribution is 6.30. The quantitative estimate of drug-likeness (QED) is 0.691. The van der Waals surface area contributed by atoms with E-state index in [0.717, 1.165) is 17.0 Å². The van der Waals surface area contributed by atoms with Crippen molar-refractivity contribution in [1.29, 1.82) is 0 Å². The molecule has 0 atom stereocenters. The van der Waals surface area contributed by atoms with Crippen molar-refractivity contribution >= 4 is 29.0 Å². The Labute approximate surface area is 156 Å². The fourth-order valence-corrected chi connectivity index (χ4v) is 2.47. The number of halogens is 1. The van der Waals surface area contributed by atoms with Gasteiger partial charge in [-0.15, -0.1) is 0 Å². The predicted octanol–water partition coefficient (Wildman–Crippen LogP) is 3.81. The topological polar surface area (TPSA) is 76.1 Å². The van der Waals surface area contributed by atoms with Gasteiger partial charge in [0.1, 0.15) is 23.6 Å². The number of nitrogens with one attached hydrogen (secondary N) is 2. The fraction of sp³-hybridized carbons (Fsp3) is 0.105. The van der Waals surface area contributed by atoms with Crippen LogP contribution in [0.5, 0.6) is 5.75 Å². The summed E-state index contributed by atoms with van der Waals surface area (Å²) in [5, 5.41) is 6.54. The Morgan fingerprint density at radius 2 is 1.92 bits per heavy atom. The summed E-state index contributed by atoms with van der Waals surface area (Å²) in [7, 11) is 1.61. The molecule has 0 radical (unpaired) electrons. The number of amides is 1. The number of benzene rings is 2. The second-order valence-electron chi connectivity index (χ2n) is 5.45. The molecule has 0 spiro atoms. The molecule has 1 heterocycles. The van der Waals surface area contributed by atoms with Gasteiger partial charge in [-0.05, 0) is 35.9 Å². The summed E-state index contributed by atoms with van der Waals surface area (Å²) >= 11 is 5.97. The van der Waals surface area contributed by atoms with E-state index in [1.165, 1.54) is 6.33 Å². The van der Waals surface area contributed by atoms with Crippen LogP contribution in [0.15, 0.2) is 60.9 Å². The zero-order chi connectivity index (χ0) is 18.4.